The third-order valence-electron chi connectivity index (χ3n) is 4.61. The van der Waals surface area contributed by atoms with Gasteiger partial charge >= 0.3 is 0 Å². The second-order valence-corrected chi connectivity index (χ2v) is 8.68. The summed E-state index contributed by atoms with van der Waals surface area (Å²) < 4.78 is 0.996. The van der Waals surface area contributed by atoms with Crippen LogP contribution in [0.15, 0.2) is 29.1 Å². The Bertz CT molecular complexity index is 1040. The summed E-state index contributed by atoms with van der Waals surface area (Å²) in [5.74, 6) is 0.501. The van der Waals surface area contributed by atoms with Crippen LogP contribution in [-0.2, 0) is 24.1 Å². The number of carbonyl (C=O) groups is 1. The van der Waals surface area contributed by atoms with Gasteiger partial charge in [0.05, 0.1) is 11.1 Å². The van der Waals surface area contributed by atoms with Gasteiger partial charge in [0.15, 0.2) is 0 Å². The third kappa shape index (κ3) is 3.55. The standard InChI is InChI=1S/C19H18IN3O2S/c20-12-6-2-3-7-13(12)21-16(24)10-9-15-22-18(25)17-11-5-1-4-8-14(11)26-19(17)23-15/h2-3,6-7H,1,4-5,8-10H2,(H,21,24)(H,22,23,25). The molecule has 0 saturated heterocycles. The molecule has 0 aliphatic heterocycles. The van der Waals surface area contributed by atoms with E-state index in [-0.39, 0.29) is 17.9 Å². The molecule has 4 rings (SSSR count). The highest BCUT2D eigenvalue weighted by molar-refractivity contribution is 14.1. The van der Waals surface area contributed by atoms with Crippen molar-refractivity contribution in [2.24, 2.45) is 0 Å². The first-order valence-electron chi connectivity index (χ1n) is 8.69. The van der Waals surface area contributed by atoms with Crippen LogP contribution < -0.4 is 10.9 Å². The number of para-hydroxylation sites is 1. The van der Waals surface area contributed by atoms with Crippen LogP contribution in [0.25, 0.3) is 10.2 Å². The van der Waals surface area contributed by atoms with Gasteiger partial charge in [-0.1, -0.05) is 12.1 Å². The molecule has 134 valence electrons. The fourth-order valence-corrected chi connectivity index (χ4v) is 5.14. The average Bonchev–Trinajstić information content (AvgIpc) is 3.01. The molecule has 0 spiro atoms. The summed E-state index contributed by atoms with van der Waals surface area (Å²) in [6.07, 6.45) is 5.04. The molecule has 3 aromatic rings. The van der Waals surface area contributed by atoms with Gasteiger partial charge in [0, 0.05) is 21.3 Å². The van der Waals surface area contributed by atoms with Crippen LogP contribution in [0.4, 0.5) is 5.69 Å². The van der Waals surface area contributed by atoms with Gasteiger partial charge in [-0.3, -0.25) is 9.59 Å². The van der Waals surface area contributed by atoms with Gasteiger partial charge in [-0.25, -0.2) is 4.98 Å². The Hall–Kier alpha value is -1.74. The van der Waals surface area contributed by atoms with E-state index in [1.807, 2.05) is 24.3 Å². The zero-order valence-electron chi connectivity index (χ0n) is 14.1. The third-order valence-corrected chi connectivity index (χ3v) is 6.74. The van der Waals surface area contributed by atoms with E-state index in [0.29, 0.717) is 12.2 Å². The fourth-order valence-electron chi connectivity index (χ4n) is 3.33. The first-order chi connectivity index (χ1) is 12.6. The van der Waals surface area contributed by atoms with E-state index in [1.165, 1.54) is 16.9 Å². The van der Waals surface area contributed by atoms with Crippen molar-refractivity contribution in [1.29, 1.82) is 0 Å². The molecule has 1 aliphatic rings. The summed E-state index contributed by atoms with van der Waals surface area (Å²) in [5.41, 5.74) is 1.93. The minimum atomic E-state index is -0.0812. The number of nitrogens with one attached hydrogen (secondary N) is 2. The number of fused-ring (bicyclic) bond motifs is 3. The van der Waals surface area contributed by atoms with Crippen molar-refractivity contribution in [3.63, 3.8) is 0 Å². The topological polar surface area (TPSA) is 74.8 Å². The molecule has 2 heterocycles. The SMILES string of the molecule is O=C(CCc1nc2sc3c(c2c(=O)[nH]1)CCCC3)Nc1ccccc1I. The van der Waals surface area contributed by atoms with Gasteiger partial charge < -0.3 is 10.3 Å². The number of halogens is 1. The van der Waals surface area contributed by atoms with Gasteiger partial charge in [-0.2, -0.15) is 0 Å². The zero-order valence-corrected chi connectivity index (χ0v) is 17.1. The summed E-state index contributed by atoms with van der Waals surface area (Å²) in [7, 11) is 0. The van der Waals surface area contributed by atoms with E-state index >= 15 is 0 Å². The Morgan fingerprint density at radius 1 is 1.27 bits per heavy atom. The highest BCUT2D eigenvalue weighted by Crippen LogP contribution is 2.33. The van der Waals surface area contributed by atoms with Crippen LogP contribution in [0, 0.1) is 3.57 Å². The molecule has 7 heteroatoms. The molecule has 0 bridgehead atoms. The number of thiophene rings is 1. The van der Waals surface area contributed by atoms with Crippen LogP contribution in [0.1, 0.15) is 35.5 Å². The number of hydrogen-bond donors (Lipinski definition) is 2. The van der Waals surface area contributed by atoms with Crippen LogP contribution in [0.2, 0.25) is 0 Å². The number of H-pyrrole nitrogens is 1. The van der Waals surface area contributed by atoms with Crippen molar-refractivity contribution in [2.75, 3.05) is 5.32 Å². The summed E-state index contributed by atoms with van der Waals surface area (Å²) >= 11 is 3.83. The first kappa shape index (κ1) is 17.7. The van der Waals surface area contributed by atoms with Crippen LogP contribution in [-0.4, -0.2) is 15.9 Å². The number of rotatable bonds is 4. The molecule has 0 radical (unpaired) electrons. The smallest absolute Gasteiger partial charge is 0.259 e. The van der Waals surface area contributed by atoms with Crippen molar-refractivity contribution in [2.45, 2.75) is 38.5 Å². The van der Waals surface area contributed by atoms with Gasteiger partial charge in [0.25, 0.3) is 5.56 Å². The van der Waals surface area contributed by atoms with Crippen molar-refractivity contribution in [1.82, 2.24) is 9.97 Å². The minimum absolute atomic E-state index is 0.0672. The average molecular weight is 479 g/mol. The summed E-state index contributed by atoms with van der Waals surface area (Å²) in [5, 5.41) is 3.67. The normalized spacial score (nSPS) is 13.6. The molecule has 1 amide bonds. The molecule has 1 aromatic carbocycles. The Kier molecular flexibility index (Phi) is 5.08. The molecule has 2 N–H and O–H groups in total. The fraction of sp³-hybridized carbons (Fsp3) is 0.316. The molecule has 5 nitrogen and oxygen atoms in total. The predicted molar refractivity (Wildman–Crippen MR) is 113 cm³/mol. The molecule has 1 aliphatic carbocycles. The number of nitrogens with zero attached hydrogens (tertiary/aromatic N) is 1. The van der Waals surface area contributed by atoms with E-state index < -0.39 is 0 Å². The first-order valence-corrected chi connectivity index (χ1v) is 10.6. The maximum Gasteiger partial charge on any atom is 0.259 e. The van der Waals surface area contributed by atoms with E-state index in [4.69, 9.17) is 0 Å². The number of aromatic amines is 1. The number of aromatic nitrogens is 2. The quantitative estimate of drug-likeness (QED) is 0.555. The van der Waals surface area contributed by atoms with Gasteiger partial charge in [0.1, 0.15) is 10.7 Å². The Labute approximate surface area is 168 Å². The molecule has 0 unspecified atom stereocenters. The van der Waals surface area contributed by atoms with E-state index in [0.717, 1.165) is 38.7 Å². The Morgan fingerprint density at radius 2 is 2.08 bits per heavy atom. The van der Waals surface area contributed by atoms with Gasteiger partial charge in [0.2, 0.25) is 5.91 Å². The number of hydrogen-bond acceptors (Lipinski definition) is 4. The summed E-state index contributed by atoms with van der Waals surface area (Å²) in [6, 6.07) is 7.65. The lowest BCUT2D eigenvalue weighted by Gasteiger charge is -2.09. The van der Waals surface area contributed by atoms with Crippen molar-refractivity contribution in [3.8, 4) is 0 Å². The second-order valence-electron chi connectivity index (χ2n) is 6.43. The number of amides is 1. The predicted octanol–water partition coefficient (Wildman–Crippen LogP) is 4.04. The summed E-state index contributed by atoms with van der Waals surface area (Å²) in [4.78, 5) is 34.3. The van der Waals surface area contributed by atoms with Crippen molar-refractivity contribution >= 4 is 55.7 Å². The maximum atomic E-state index is 12.5. The van der Waals surface area contributed by atoms with Gasteiger partial charge in [-0.15, -0.1) is 11.3 Å². The minimum Gasteiger partial charge on any atom is -0.325 e. The second kappa shape index (κ2) is 7.48. The number of carbonyl (C=O) groups excluding carboxylic acids is 1. The summed E-state index contributed by atoms with van der Waals surface area (Å²) in [6.45, 7) is 0. The lowest BCUT2D eigenvalue weighted by atomic mass is 9.97. The molecule has 26 heavy (non-hydrogen) atoms. The van der Waals surface area contributed by atoms with Crippen molar-refractivity contribution < 1.29 is 4.79 Å². The molecular weight excluding hydrogens is 461 g/mol. The van der Waals surface area contributed by atoms with E-state index in [2.05, 4.69) is 37.9 Å². The highest BCUT2D eigenvalue weighted by Gasteiger charge is 2.19. The molecule has 0 saturated carbocycles. The lowest BCUT2D eigenvalue weighted by molar-refractivity contribution is -0.116. The molecular formula is C19H18IN3O2S. The largest absolute Gasteiger partial charge is 0.325 e. The lowest BCUT2D eigenvalue weighted by Crippen LogP contribution is -2.17. The highest BCUT2D eigenvalue weighted by atomic mass is 127. The maximum absolute atomic E-state index is 12.5. The molecule has 0 fully saturated rings. The van der Waals surface area contributed by atoms with Crippen LogP contribution in [0.3, 0.4) is 0 Å². The Balaban J connectivity index is 1.50. The molecule has 0 atom stereocenters. The van der Waals surface area contributed by atoms with E-state index in [9.17, 15) is 9.59 Å². The van der Waals surface area contributed by atoms with E-state index in [1.54, 1.807) is 11.3 Å². The number of aryl methyl sites for hydroxylation is 3. The van der Waals surface area contributed by atoms with Gasteiger partial charge in [-0.05, 0) is 66.0 Å². The zero-order chi connectivity index (χ0) is 18.1. The monoisotopic (exact) mass is 479 g/mol. The number of anilines is 1. The van der Waals surface area contributed by atoms with Crippen LogP contribution in [0.5, 0.6) is 0 Å². The number of benzene rings is 1. The molecule has 2 aromatic heterocycles. The van der Waals surface area contributed by atoms with Crippen molar-refractivity contribution in [3.05, 3.63) is 54.5 Å². The Morgan fingerprint density at radius 3 is 2.92 bits per heavy atom. The van der Waals surface area contributed by atoms with Crippen LogP contribution >= 0.6 is 33.9 Å².